The first-order valence-corrected chi connectivity index (χ1v) is 11.8. The number of aliphatic carboxylic acids is 2. The number of amides is 1. The normalized spacial score (nSPS) is 14.4. The number of hydrogen-bond donors (Lipinski definition) is 6. The maximum absolute atomic E-state index is 11.6. The third kappa shape index (κ3) is 10.7. The molecule has 0 fully saturated rings. The van der Waals surface area contributed by atoms with E-state index < -0.39 is 47.9 Å². The van der Waals surface area contributed by atoms with Gasteiger partial charge in [-0.05, 0) is 56.2 Å². The Kier molecular flexibility index (Phi) is 11.8. The molecule has 2 rings (SSSR count). The predicted molar refractivity (Wildman–Crippen MR) is 135 cm³/mol. The molecule has 2 aromatic carbocycles. The maximum atomic E-state index is 11.6. The van der Waals surface area contributed by atoms with Crippen molar-refractivity contribution in [3.05, 3.63) is 68.6 Å². The Labute approximate surface area is 219 Å². The van der Waals surface area contributed by atoms with E-state index in [0.717, 1.165) is 8.95 Å². The quantitative estimate of drug-likeness (QED) is 0.271. The fourth-order valence-electron chi connectivity index (χ4n) is 2.56. The van der Waals surface area contributed by atoms with Crippen LogP contribution in [0, 0.1) is 0 Å². The highest BCUT2D eigenvalue weighted by atomic mass is 79.9. The van der Waals surface area contributed by atoms with Crippen LogP contribution in [0.1, 0.15) is 44.1 Å². The molecule has 35 heavy (non-hydrogen) atoms. The van der Waals surface area contributed by atoms with E-state index in [1.807, 2.05) is 0 Å². The first-order chi connectivity index (χ1) is 16.1. The van der Waals surface area contributed by atoms with E-state index in [4.69, 9.17) is 20.7 Å². The second-order valence-corrected chi connectivity index (χ2v) is 10.2. The molecule has 0 aliphatic heterocycles. The van der Waals surface area contributed by atoms with Crippen LogP contribution in [0.2, 0.25) is 0 Å². The van der Waals surface area contributed by atoms with Crippen LogP contribution in [0.15, 0.2) is 57.5 Å². The van der Waals surface area contributed by atoms with Gasteiger partial charge in [0.1, 0.15) is 23.9 Å². The number of carbonyl (C=O) groups excluding carboxylic acids is 1. The van der Waals surface area contributed by atoms with E-state index in [9.17, 15) is 24.6 Å². The lowest BCUT2D eigenvalue weighted by atomic mass is 10.0. The number of rotatable bonds is 7. The number of carbonyl (C=O) groups is 3. The Balaban J connectivity index is 0.000000379. The van der Waals surface area contributed by atoms with Crippen LogP contribution in [0.25, 0.3) is 0 Å². The summed E-state index contributed by atoms with van der Waals surface area (Å²) in [5.41, 5.74) is 5.38. The third-order valence-corrected chi connectivity index (χ3v) is 5.36. The number of hydrogen-bond acceptors (Lipinski definition) is 7. The number of aliphatic hydroxyl groups excluding tert-OH is 2. The van der Waals surface area contributed by atoms with Crippen LogP contribution in [0.3, 0.4) is 0 Å². The summed E-state index contributed by atoms with van der Waals surface area (Å²) in [5.74, 6) is -2.57. The summed E-state index contributed by atoms with van der Waals surface area (Å²) < 4.78 is 6.65. The van der Waals surface area contributed by atoms with Crippen molar-refractivity contribution in [1.82, 2.24) is 5.32 Å². The summed E-state index contributed by atoms with van der Waals surface area (Å²) in [6.45, 7) is 4.98. The van der Waals surface area contributed by atoms with Gasteiger partial charge in [0.15, 0.2) is 6.04 Å². The van der Waals surface area contributed by atoms with Gasteiger partial charge in [0.05, 0.1) is 0 Å². The zero-order chi connectivity index (χ0) is 26.9. The van der Waals surface area contributed by atoms with Crippen molar-refractivity contribution in [1.29, 1.82) is 0 Å². The second kappa shape index (κ2) is 13.5. The van der Waals surface area contributed by atoms with Gasteiger partial charge in [-0.2, -0.15) is 0 Å². The molecular weight excluding hydrogens is 592 g/mol. The highest BCUT2D eigenvalue weighted by Gasteiger charge is 2.31. The molecule has 0 aliphatic carbocycles. The van der Waals surface area contributed by atoms with Crippen molar-refractivity contribution in [2.24, 2.45) is 5.73 Å². The number of ether oxygens (including phenoxy) is 1. The number of benzene rings is 2. The SMILES string of the molecule is CC(C)(C)OC(=O)N[C@H](C(=O)O)[C@H](O)c1ccc(Br)cc1.N[C@H](C(=O)O)[C@H](O)c1ccc(Br)cc1. The van der Waals surface area contributed by atoms with Crippen LogP contribution >= 0.6 is 31.9 Å². The van der Waals surface area contributed by atoms with Gasteiger partial charge >= 0.3 is 18.0 Å². The predicted octanol–water partition coefficient (Wildman–Crippen LogP) is 3.35. The first-order valence-electron chi connectivity index (χ1n) is 10.2. The molecule has 10 nitrogen and oxygen atoms in total. The highest BCUT2D eigenvalue weighted by Crippen LogP contribution is 2.21. The molecule has 0 aromatic heterocycles. The molecule has 1 amide bonds. The summed E-state index contributed by atoms with van der Waals surface area (Å²) in [4.78, 5) is 33.4. The molecule has 0 saturated heterocycles. The molecule has 192 valence electrons. The molecule has 0 radical (unpaired) electrons. The third-order valence-electron chi connectivity index (χ3n) is 4.30. The fourth-order valence-corrected chi connectivity index (χ4v) is 3.09. The van der Waals surface area contributed by atoms with Crippen molar-refractivity contribution in [2.45, 2.75) is 50.7 Å². The van der Waals surface area contributed by atoms with Crippen LogP contribution < -0.4 is 11.1 Å². The molecular formula is C23H28Br2N2O8. The minimum absolute atomic E-state index is 0.377. The van der Waals surface area contributed by atoms with E-state index in [0.29, 0.717) is 11.1 Å². The van der Waals surface area contributed by atoms with Crippen molar-refractivity contribution in [3.8, 4) is 0 Å². The van der Waals surface area contributed by atoms with E-state index in [-0.39, 0.29) is 0 Å². The van der Waals surface area contributed by atoms with Crippen molar-refractivity contribution in [2.75, 3.05) is 0 Å². The Morgan fingerprint density at radius 3 is 1.57 bits per heavy atom. The second-order valence-electron chi connectivity index (χ2n) is 8.32. The Morgan fingerprint density at radius 1 is 0.829 bits per heavy atom. The van der Waals surface area contributed by atoms with Crippen molar-refractivity contribution in [3.63, 3.8) is 0 Å². The van der Waals surface area contributed by atoms with Crippen LogP contribution in [-0.4, -0.2) is 56.1 Å². The van der Waals surface area contributed by atoms with Gasteiger partial charge in [0.2, 0.25) is 0 Å². The summed E-state index contributed by atoms with van der Waals surface area (Å²) >= 11 is 6.48. The molecule has 0 saturated carbocycles. The lowest BCUT2D eigenvalue weighted by Gasteiger charge is -2.24. The number of nitrogens with two attached hydrogens (primary N) is 1. The van der Waals surface area contributed by atoms with Crippen LogP contribution in [0.5, 0.6) is 0 Å². The Morgan fingerprint density at radius 2 is 1.23 bits per heavy atom. The molecule has 4 atom stereocenters. The van der Waals surface area contributed by atoms with Crippen molar-refractivity contribution < 1.29 is 39.5 Å². The van der Waals surface area contributed by atoms with Crippen molar-refractivity contribution >= 4 is 49.9 Å². The number of carboxylic acid groups (broad SMARTS) is 2. The lowest BCUT2D eigenvalue weighted by molar-refractivity contribution is -0.143. The van der Waals surface area contributed by atoms with Gasteiger partial charge in [-0.3, -0.25) is 4.79 Å². The lowest BCUT2D eigenvalue weighted by Crippen LogP contribution is -2.46. The molecule has 0 bridgehead atoms. The minimum Gasteiger partial charge on any atom is -0.480 e. The molecule has 0 unspecified atom stereocenters. The van der Waals surface area contributed by atoms with Gasteiger partial charge in [-0.1, -0.05) is 56.1 Å². The van der Waals surface area contributed by atoms with E-state index in [1.165, 1.54) is 0 Å². The van der Waals surface area contributed by atoms with E-state index in [2.05, 4.69) is 37.2 Å². The zero-order valence-electron chi connectivity index (χ0n) is 19.2. The number of alkyl carbamates (subject to hydrolysis) is 1. The highest BCUT2D eigenvalue weighted by molar-refractivity contribution is 9.10. The molecule has 12 heteroatoms. The maximum Gasteiger partial charge on any atom is 0.408 e. The minimum atomic E-state index is -1.50. The molecule has 2 aromatic rings. The van der Waals surface area contributed by atoms with E-state index in [1.54, 1.807) is 69.3 Å². The molecule has 0 spiro atoms. The standard InChI is InChI=1S/C14H18BrNO5.C9H10BrNO3/c1-14(2,3)21-13(20)16-10(12(18)19)11(17)8-4-6-9(15)7-5-8;10-6-3-1-5(2-4-6)8(12)7(11)9(13)14/h4-7,10-11,17H,1-3H3,(H,16,20)(H,18,19);1-4,7-8,12H,11H2,(H,13,14)/t10-,11+;7-,8+/m00/s1. The monoisotopic (exact) mass is 618 g/mol. The Hall–Kier alpha value is -2.51. The van der Waals surface area contributed by atoms with Gasteiger partial charge in [-0.15, -0.1) is 0 Å². The Bertz CT molecular complexity index is 994. The number of halogens is 2. The topological polar surface area (TPSA) is 179 Å². The molecule has 7 N–H and O–H groups in total. The van der Waals surface area contributed by atoms with Crippen LogP contribution in [0.4, 0.5) is 4.79 Å². The molecule has 0 heterocycles. The van der Waals surface area contributed by atoms with Gasteiger partial charge in [0, 0.05) is 8.95 Å². The summed E-state index contributed by atoms with van der Waals surface area (Å²) in [5, 5.41) is 39.6. The van der Waals surface area contributed by atoms with Gasteiger partial charge in [0.25, 0.3) is 0 Å². The summed E-state index contributed by atoms with van der Waals surface area (Å²) in [6.07, 6.45) is -3.46. The average Bonchev–Trinajstić information content (AvgIpc) is 2.76. The number of aliphatic hydroxyl groups is 2. The van der Waals surface area contributed by atoms with Crippen LogP contribution in [-0.2, 0) is 14.3 Å². The first kappa shape index (κ1) is 30.5. The largest absolute Gasteiger partial charge is 0.480 e. The number of carboxylic acids is 2. The average molecular weight is 620 g/mol. The number of nitrogens with one attached hydrogen (secondary N) is 1. The van der Waals surface area contributed by atoms with E-state index >= 15 is 0 Å². The molecule has 0 aliphatic rings. The van der Waals surface area contributed by atoms with Gasteiger partial charge in [-0.25, -0.2) is 9.59 Å². The fraction of sp³-hybridized carbons (Fsp3) is 0.348. The smallest absolute Gasteiger partial charge is 0.408 e. The summed E-state index contributed by atoms with van der Waals surface area (Å²) in [7, 11) is 0. The van der Waals surface area contributed by atoms with Gasteiger partial charge < -0.3 is 36.2 Å². The zero-order valence-corrected chi connectivity index (χ0v) is 22.4. The summed E-state index contributed by atoms with van der Waals surface area (Å²) in [6, 6.07) is 10.4.